The average Bonchev–Trinajstić information content (AvgIpc) is 2.67. The number of thiazole rings is 1. The zero-order valence-corrected chi connectivity index (χ0v) is 10.1. The topological polar surface area (TPSA) is 24.9 Å². The quantitative estimate of drug-likeness (QED) is 0.882. The Morgan fingerprint density at radius 2 is 2.19 bits per heavy atom. The maximum absolute atomic E-state index is 13.3. The maximum atomic E-state index is 13.3. The molecule has 0 saturated heterocycles. The number of rotatable bonds is 3. The van der Waals surface area contributed by atoms with E-state index in [1.54, 1.807) is 24.3 Å². The normalized spacial score (nSPS) is 10.4. The van der Waals surface area contributed by atoms with Gasteiger partial charge < -0.3 is 5.32 Å². The lowest BCUT2D eigenvalue weighted by atomic mass is 10.2. The number of anilines is 1. The molecule has 4 heteroatoms. The van der Waals surface area contributed by atoms with E-state index in [0.717, 1.165) is 16.4 Å². The molecule has 16 heavy (non-hydrogen) atoms. The van der Waals surface area contributed by atoms with Crippen LogP contribution in [0.4, 0.5) is 10.1 Å². The van der Waals surface area contributed by atoms with Crippen molar-refractivity contribution in [2.75, 3.05) is 5.32 Å². The van der Waals surface area contributed by atoms with Gasteiger partial charge in [-0.1, -0.05) is 6.07 Å². The fraction of sp³-hybridized carbons (Fsp3) is 0.250. The van der Waals surface area contributed by atoms with Crippen molar-refractivity contribution in [3.05, 3.63) is 45.7 Å². The summed E-state index contributed by atoms with van der Waals surface area (Å²) < 4.78 is 13.3. The molecule has 2 nitrogen and oxygen atoms in total. The Kier molecular flexibility index (Phi) is 3.19. The number of benzene rings is 1. The first-order chi connectivity index (χ1) is 7.66. The molecule has 0 bridgehead atoms. The monoisotopic (exact) mass is 236 g/mol. The Balaban J connectivity index is 2.07. The number of hydrogen-bond donors (Lipinski definition) is 1. The lowest BCUT2D eigenvalue weighted by molar-refractivity contribution is 0.619. The third-order valence-electron chi connectivity index (χ3n) is 2.39. The molecular weight excluding hydrogens is 223 g/mol. The van der Waals surface area contributed by atoms with E-state index in [0.29, 0.717) is 12.1 Å². The Morgan fingerprint density at radius 1 is 1.38 bits per heavy atom. The summed E-state index contributed by atoms with van der Waals surface area (Å²) in [7, 11) is 0. The Labute approximate surface area is 98.2 Å². The molecule has 2 rings (SSSR count). The summed E-state index contributed by atoms with van der Waals surface area (Å²) in [5, 5.41) is 6.25. The molecule has 0 atom stereocenters. The largest absolute Gasteiger partial charge is 0.379 e. The van der Waals surface area contributed by atoms with Crippen LogP contribution in [0.5, 0.6) is 0 Å². The van der Waals surface area contributed by atoms with Gasteiger partial charge in [-0.05, 0) is 26.0 Å². The molecule has 1 aromatic heterocycles. The lowest BCUT2D eigenvalue weighted by Crippen LogP contribution is -2.02. The smallest absolute Gasteiger partial charge is 0.128 e. The van der Waals surface area contributed by atoms with E-state index in [1.165, 1.54) is 6.07 Å². The van der Waals surface area contributed by atoms with Gasteiger partial charge in [0.1, 0.15) is 5.82 Å². The molecule has 2 aromatic rings. The molecule has 0 aliphatic rings. The minimum atomic E-state index is -0.181. The minimum Gasteiger partial charge on any atom is -0.379 e. The predicted octanol–water partition coefficient (Wildman–Crippen LogP) is 3.51. The summed E-state index contributed by atoms with van der Waals surface area (Å²) in [4.78, 5) is 4.34. The van der Waals surface area contributed by atoms with Crippen molar-refractivity contribution in [2.45, 2.75) is 20.4 Å². The Morgan fingerprint density at radius 3 is 2.88 bits per heavy atom. The molecule has 0 aliphatic carbocycles. The average molecular weight is 236 g/mol. The van der Waals surface area contributed by atoms with Gasteiger partial charge >= 0.3 is 0 Å². The Bertz CT molecular complexity index is 494. The molecule has 0 amide bonds. The van der Waals surface area contributed by atoms with Crippen molar-refractivity contribution in [3.8, 4) is 0 Å². The fourth-order valence-electron chi connectivity index (χ4n) is 1.47. The third-order valence-corrected chi connectivity index (χ3v) is 3.22. The van der Waals surface area contributed by atoms with Crippen molar-refractivity contribution < 1.29 is 4.39 Å². The van der Waals surface area contributed by atoms with Gasteiger partial charge in [0.05, 0.1) is 17.2 Å². The molecule has 0 fully saturated rings. The molecule has 1 aromatic carbocycles. The first-order valence-electron chi connectivity index (χ1n) is 5.07. The summed E-state index contributed by atoms with van der Waals surface area (Å²) in [6.45, 7) is 4.38. The standard InChI is InChI=1S/C12H13FN2S/c1-8-11(13)4-3-5-12(8)14-6-10-7-16-9(2)15-10/h3-5,7,14H,6H2,1-2H3. The number of hydrogen-bond acceptors (Lipinski definition) is 3. The zero-order chi connectivity index (χ0) is 11.5. The van der Waals surface area contributed by atoms with Gasteiger partial charge in [0.25, 0.3) is 0 Å². The number of nitrogens with zero attached hydrogens (tertiary/aromatic N) is 1. The highest BCUT2D eigenvalue weighted by Crippen LogP contribution is 2.18. The molecule has 0 spiro atoms. The second-order valence-corrected chi connectivity index (χ2v) is 4.69. The van der Waals surface area contributed by atoms with Crippen LogP contribution in [0.2, 0.25) is 0 Å². The van der Waals surface area contributed by atoms with Gasteiger partial charge in [-0.25, -0.2) is 9.37 Å². The van der Waals surface area contributed by atoms with Crippen LogP contribution in [0.15, 0.2) is 23.6 Å². The van der Waals surface area contributed by atoms with Crippen LogP contribution in [0.1, 0.15) is 16.3 Å². The van der Waals surface area contributed by atoms with Gasteiger partial charge in [-0.3, -0.25) is 0 Å². The van der Waals surface area contributed by atoms with E-state index >= 15 is 0 Å². The van der Waals surface area contributed by atoms with E-state index in [-0.39, 0.29) is 5.82 Å². The molecule has 0 aliphatic heterocycles. The highest BCUT2D eigenvalue weighted by Gasteiger charge is 2.03. The van der Waals surface area contributed by atoms with E-state index in [2.05, 4.69) is 10.3 Å². The van der Waals surface area contributed by atoms with Crippen LogP contribution in [0, 0.1) is 19.7 Å². The molecule has 0 radical (unpaired) electrons. The number of halogens is 1. The molecule has 0 saturated carbocycles. The summed E-state index contributed by atoms with van der Waals surface area (Å²) in [6.07, 6.45) is 0. The van der Waals surface area contributed by atoms with Gasteiger partial charge in [0.2, 0.25) is 0 Å². The molecule has 1 N–H and O–H groups in total. The van der Waals surface area contributed by atoms with Crippen LogP contribution in [-0.2, 0) is 6.54 Å². The zero-order valence-electron chi connectivity index (χ0n) is 9.25. The van der Waals surface area contributed by atoms with Crippen LogP contribution in [0.3, 0.4) is 0 Å². The molecular formula is C12H13FN2S. The Hall–Kier alpha value is -1.42. The lowest BCUT2D eigenvalue weighted by Gasteiger charge is -2.08. The van der Waals surface area contributed by atoms with Crippen LogP contribution < -0.4 is 5.32 Å². The SMILES string of the molecule is Cc1nc(CNc2cccc(F)c2C)cs1. The highest BCUT2D eigenvalue weighted by atomic mass is 32.1. The van der Waals surface area contributed by atoms with Gasteiger partial charge in [-0.2, -0.15) is 0 Å². The van der Waals surface area contributed by atoms with Crippen LogP contribution >= 0.6 is 11.3 Å². The van der Waals surface area contributed by atoms with Crippen LogP contribution in [-0.4, -0.2) is 4.98 Å². The molecule has 0 unspecified atom stereocenters. The number of aromatic nitrogens is 1. The number of aryl methyl sites for hydroxylation is 1. The van der Waals surface area contributed by atoms with Crippen molar-refractivity contribution in [1.29, 1.82) is 0 Å². The summed E-state index contributed by atoms with van der Waals surface area (Å²) >= 11 is 1.62. The van der Waals surface area contributed by atoms with Crippen molar-refractivity contribution in [2.24, 2.45) is 0 Å². The molecule has 84 valence electrons. The highest BCUT2D eigenvalue weighted by molar-refractivity contribution is 7.09. The maximum Gasteiger partial charge on any atom is 0.128 e. The van der Waals surface area contributed by atoms with Crippen molar-refractivity contribution >= 4 is 17.0 Å². The summed E-state index contributed by atoms with van der Waals surface area (Å²) in [6, 6.07) is 5.04. The number of nitrogens with one attached hydrogen (secondary N) is 1. The second-order valence-electron chi connectivity index (χ2n) is 3.62. The molecule has 1 heterocycles. The third kappa shape index (κ3) is 2.39. The summed E-state index contributed by atoms with van der Waals surface area (Å²) in [5.41, 5.74) is 2.46. The van der Waals surface area contributed by atoms with Crippen LogP contribution in [0.25, 0.3) is 0 Å². The van der Waals surface area contributed by atoms with Crippen molar-refractivity contribution in [3.63, 3.8) is 0 Å². The van der Waals surface area contributed by atoms with E-state index in [4.69, 9.17) is 0 Å². The van der Waals surface area contributed by atoms with Gasteiger partial charge in [-0.15, -0.1) is 11.3 Å². The van der Waals surface area contributed by atoms with Gasteiger partial charge in [0, 0.05) is 16.6 Å². The van der Waals surface area contributed by atoms with E-state index in [9.17, 15) is 4.39 Å². The predicted molar refractivity (Wildman–Crippen MR) is 65.3 cm³/mol. The van der Waals surface area contributed by atoms with Gasteiger partial charge in [0.15, 0.2) is 0 Å². The second kappa shape index (κ2) is 4.61. The first-order valence-corrected chi connectivity index (χ1v) is 5.95. The van der Waals surface area contributed by atoms with E-state index < -0.39 is 0 Å². The summed E-state index contributed by atoms with van der Waals surface area (Å²) in [5.74, 6) is -0.181. The minimum absolute atomic E-state index is 0.181. The fourth-order valence-corrected chi connectivity index (χ4v) is 2.09. The van der Waals surface area contributed by atoms with Crippen molar-refractivity contribution in [1.82, 2.24) is 4.98 Å². The van der Waals surface area contributed by atoms with E-state index in [1.807, 2.05) is 18.4 Å². The first kappa shape index (κ1) is 11.1.